The summed E-state index contributed by atoms with van der Waals surface area (Å²) < 4.78 is 67.4. The van der Waals surface area contributed by atoms with Crippen molar-refractivity contribution in [2.45, 2.75) is 59.7 Å². The van der Waals surface area contributed by atoms with Crippen LogP contribution in [0, 0.1) is 12.7 Å². The van der Waals surface area contributed by atoms with Crippen molar-refractivity contribution >= 4 is 19.9 Å². The number of halogens is 1. The van der Waals surface area contributed by atoms with Gasteiger partial charge in [0, 0.05) is 12.1 Å². The number of fused-ring (bicyclic) bond motifs is 2. The van der Waals surface area contributed by atoms with Crippen molar-refractivity contribution in [3.05, 3.63) is 59.9 Å². The lowest BCUT2D eigenvalue weighted by Gasteiger charge is -2.37. The highest BCUT2D eigenvalue weighted by molar-refractivity contribution is 7.92. The Balaban J connectivity index is 1.64. The minimum atomic E-state index is -3.81. The van der Waals surface area contributed by atoms with Crippen LogP contribution in [0.15, 0.2) is 58.3 Å². The van der Waals surface area contributed by atoms with Crippen LogP contribution in [0.2, 0.25) is 0 Å². The lowest BCUT2D eigenvalue weighted by atomic mass is 10.1. The number of hydrogen-bond donors (Lipinski definition) is 0. The summed E-state index contributed by atoms with van der Waals surface area (Å²) in [5.74, 6) is -0.480. The molecule has 2 aromatic carbocycles. The summed E-state index contributed by atoms with van der Waals surface area (Å²) >= 11 is 0. The van der Waals surface area contributed by atoms with Crippen molar-refractivity contribution in [2.24, 2.45) is 0 Å². The highest BCUT2D eigenvalue weighted by Gasteiger charge is 2.50. The standard InChI is InChI=1S/C20H22FNO4S2/c1-14-11-15(21)7-10-20(14)28(25,26)22-16-8-9-17(22)13-19(12-16)27(23,24)18-5-3-2-4-6-18/h2-7,10-11,16-17,19H,8-9,12-13H2,1H3/t16-,17-/m0/s1. The van der Waals surface area contributed by atoms with Gasteiger partial charge in [0.1, 0.15) is 5.82 Å². The van der Waals surface area contributed by atoms with E-state index in [1.165, 1.54) is 16.4 Å². The first-order valence-electron chi connectivity index (χ1n) is 9.30. The third-order valence-electron chi connectivity index (χ3n) is 5.83. The van der Waals surface area contributed by atoms with Crippen molar-refractivity contribution in [3.63, 3.8) is 0 Å². The molecule has 0 spiro atoms. The van der Waals surface area contributed by atoms with Crippen molar-refractivity contribution < 1.29 is 21.2 Å². The third-order valence-corrected chi connectivity index (χ3v) is 10.2. The Kier molecular flexibility index (Phi) is 4.84. The van der Waals surface area contributed by atoms with E-state index in [-0.39, 0.29) is 34.7 Å². The minimum absolute atomic E-state index is 0.0927. The first-order chi connectivity index (χ1) is 13.2. The molecule has 150 valence electrons. The summed E-state index contributed by atoms with van der Waals surface area (Å²) in [5, 5.41) is -0.590. The lowest BCUT2D eigenvalue weighted by Crippen LogP contribution is -2.49. The van der Waals surface area contributed by atoms with Gasteiger partial charge in [-0.1, -0.05) is 18.2 Å². The summed E-state index contributed by atoms with van der Waals surface area (Å²) in [6.07, 6.45) is 1.86. The van der Waals surface area contributed by atoms with Crippen LogP contribution in [0.3, 0.4) is 0 Å². The Morgan fingerprint density at radius 2 is 1.54 bits per heavy atom. The van der Waals surface area contributed by atoms with Crippen LogP contribution in [0.5, 0.6) is 0 Å². The van der Waals surface area contributed by atoms with Crippen molar-refractivity contribution in [1.82, 2.24) is 4.31 Å². The summed E-state index contributed by atoms with van der Waals surface area (Å²) in [5.41, 5.74) is 0.360. The van der Waals surface area contributed by atoms with Gasteiger partial charge in [0.2, 0.25) is 10.0 Å². The van der Waals surface area contributed by atoms with Gasteiger partial charge in [-0.3, -0.25) is 0 Å². The first-order valence-corrected chi connectivity index (χ1v) is 12.3. The highest BCUT2D eigenvalue weighted by Crippen LogP contribution is 2.43. The number of aryl methyl sites for hydroxylation is 1. The van der Waals surface area contributed by atoms with Crippen LogP contribution < -0.4 is 0 Å². The fourth-order valence-electron chi connectivity index (χ4n) is 4.55. The van der Waals surface area contributed by atoms with Crippen LogP contribution in [0.1, 0.15) is 31.2 Å². The van der Waals surface area contributed by atoms with E-state index in [9.17, 15) is 21.2 Å². The van der Waals surface area contributed by atoms with Crippen LogP contribution in [0.25, 0.3) is 0 Å². The Bertz CT molecular complexity index is 1090. The zero-order chi connectivity index (χ0) is 20.1. The van der Waals surface area contributed by atoms with Gasteiger partial charge >= 0.3 is 0 Å². The molecule has 0 aromatic heterocycles. The molecule has 2 heterocycles. The van der Waals surface area contributed by atoms with Gasteiger partial charge in [-0.25, -0.2) is 21.2 Å². The van der Waals surface area contributed by atoms with E-state index in [4.69, 9.17) is 0 Å². The smallest absolute Gasteiger partial charge is 0.223 e. The molecule has 8 heteroatoms. The number of sulfonamides is 1. The molecule has 2 aromatic rings. The second-order valence-electron chi connectivity index (χ2n) is 7.58. The van der Waals surface area contributed by atoms with E-state index < -0.39 is 30.9 Å². The SMILES string of the molecule is Cc1cc(F)ccc1S(=O)(=O)N1[C@H]2CC[C@H]1CC(S(=O)(=O)c1ccccc1)C2. The third kappa shape index (κ3) is 3.17. The predicted molar refractivity (Wildman–Crippen MR) is 104 cm³/mol. The molecule has 2 aliphatic heterocycles. The molecule has 4 rings (SSSR count). The zero-order valence-electron chi connectivity index (χ0n) is 15.5. The maximum atomic E-state index is 13.4. The number of piperidine rings is 1. The van der Waals surface area contributed by atoms with Crippen molar-refractivity contribution in [2.75, 3.05) is 0 Å². The number of hydrogen-bond acceptors (Lipinski definition) is 4. The minimum Gasteiger partial charge on any atom is -0.223 e. The first kappa shape index (κ1) is 19.5. The number of rotatable bonds is 4. The second-order valence-corrected chi connectivity index (χ2v) is 11.6. The van der Waals surface area contributed by atoms with E-state index in [1.54, 1.807) is 37.3 Å². The summed E-state index contributed by atoms with van der Waals surface area (Å²) in [4.78, 5) is 0.375. The van der Waals surface area contributed by atoms with Gasteiger partial charge in [-0.15, -0.1) is 0 Å². The number of sulfone groups is 1. The molecular weight excluding hydrogens is 401 g/mol. The molecular formula is C20H22FNO4S2. The largest absolute Gasteiger partial charge is 0.243 e. The Labute approximate surface area is 165 Å². The van der Waals surface area contributed by atoms with E-state index >= 15 is 0 Å². The predicted octanol–water partition coefficient (Wildman–Crippen LogP) is 3.29. The van der Waals surface area contributed by atoms with Crippen LogP contribution in [-0.4, -0.2) is 38.5 Å². The second kappa shape index (κ2) is 6.93. The monoisotopic (exact) mass is 423 g/mol. The van der Waals surface area contributed by atoms with Gasteiger partial charge in [0.05, 0.1) is 15.0 Å². The summed E-state index contributed by atoms with van der Waals surface area (Å²) in [7, 11) is -7.31. The number of nitrogens with zero attached hydrogens (tertiary/aromatic N) is 1. The quantitative estimate of drug-likeness (QED) is 0.757. The van der Waals surface area contributed by atoms with Crippen LogP contribution >= 0.6 is 0 Å². The molecule has 0 unspecified atom stereocenters. The van der Waals surface area contributed by atoms with Crippen molar-refractivity contribution in [1.29, 1.82) is 0 Å². The van der Waals surface area contributed by atoms with E-state index in [2.05, 4.69) is 0 Å². The van der Waals surface area contributed by atoms with Gasteiger partial charge in [0.25, 0.3) is 0 Å². The maximum absolute atomic E-state index is 13.4. The number of benzene rings is 2. The Morgan fingerprint density at radius 3 is 2.11 bits per heavy atom. The van der Waals surface area contributed by atoms with Crippen LogP contribution in [0.4, 0.5) is 4.39 Å². The van der Waals surface area contributed by atoms with E-state index in [0.29, 0.717) is 18.4 Å². The van der Waals surface area contributed by atoms with Gasteiger partial charge in [0.15, 0.2) is 9.84 Å². The van der Waals surface area contributed by atoms with Crippen molar-refractivity contribution in [3.8, 4) is 0 Å². The fraction of sp³-hybridized carbons (Fsp3) is 0.400. The Hall–Kier alpha value is -1.77. The molecule has 2 bridgehead atoms. The molecule has 2 fully saturated rings. The van der Waals surface area contributed by atoms with Gasteiger partial charge in [-0.05, 0) is 68.5 Å². The molecule has 2 saturated heterocycles. The molecule has 5 nitrogen and oxygen atoms in total. The van der Waals surface area contributed by atoms with E-state index in [0.717, 1.165) is 6.07 Å². The molecule has 0 N–H and O–H groups in total. The highest BCUT2D eigenvalue weighted by atomic mass is 32.2. The molecule has 0 radical (unpaired) electrons. The van der Waals surface area contributed by atoms with Gasteiger partial charge in [-0.2, -0.15) is 4.31 Å². The van der Waals surface area contributed by atoms with Crippen LogP contribution in [-0.2, 0) is 19.9 Å². The molecule has 2 aliphatic rings. The lowest BCUT2D eigenvalue weighted by molar-refractivity contribution is 0.249. The average Bonchev–Trinajstić information content (AvgIpc) is 2.93. The topological polar surface area (TPSA) is 71.5 Å². The summed E-state index contributed by atoms with van der Waals surface area (Å²) in [6.45, 7) is 1.57. The Morgan fingerprint density at radius 1 is 0.929 bits per heavy atom. The maximum Gasteiger partial charge on any atom is 0.243 e. The zero-order valence-corrected chi connectivity index (χ0v) is 17.1. The molecule has 0 aliphatic carbocycles. The van der Waals surface area contributed by atoms with E-state index in [1.807, 2.05) is 0 Å². The normalized spacial score (nSPS) is 25.7. The fourth-order valence-corrected chi connectivity index (χ4v) is 8.52. The van der Waals surface area contributed by atoms with Gasteiger partial charge < -0.3 is 0 Å². The average molecular weight is 424 g/mol. The molecule has 28 heavy (non-hydrogen) atoms. The summed E-state index contributed by atoms with van der Waals surface area (Å²) in [6, 6.07) is 11.3. The molecule has 2 atom stereocenters. The molecule has 0 amide bonds. The molecule has 0 saturated carbocycles.